The topological polar surface area (TPSA) is 55.3 Å². The second-order valence-electron chi connectivity index (χ2n) is 3.68. The first-order valence-electron chi connectivity index (χ1n) is 5.90. The predicted octanol–water partition coefficient (Wildman–Crippen LogP) is 1.25. The number of nitrogens with zero attached hydrogens (tertiary/aromatic N) is 3. The molecule has 0 spiro atoms. The van der Waals surface area contributed by atoms with Gasteiger partial charge in [0.2, 0.25) is 0 Å². The van der Waals surface area contributed by atoms with E-state index in [0.717, 1.165) is 18.8 Å². The molecular weight excluding hydrogens is 218 g/mol. The van der Waals surface area contributed by atoms with Gasteiger partial charge in [0.05, 0.1) is 19.7 Å². The molecule has 0 aliphatic carbocycles. The van der Waals surface area contributed by atoms with Crippen molar-refractivity contribution in [3.63, 3.8) is 0 Å². The molecule has 0 fully saturated rings. The van der Waals surface area contributed by atoms with Crippen LogP contribution in [0.2, 0.25) is 0 Å². The average molecular weight is 237 g/mol. The molecular formula is C12H19N3O2. The number of carbonyl (C=O) groups excluding carboxylic acids is 1. The van der Waals surface area contributed by atoms with Gasteiger partial charge in [-0.15, -0.1) is 0 Å². The Morgan fingerprint density at radius 2 is 2.06 bits per heavy atom. The zero-order valence-electron chi connectivity index (χ0n) is 10.4. The van der Waals surface area contributed by atoms with Crippen LogP contribution in [0.4, 0.5) is 0 Å². The van der Waals surface area contributed by atoms with E-state index in [0.29, 0.717) is 19.7 Å². The zero-order valence-corrected chi connectivity index (χ0v) is 10.4. The van der Waals surface area contributed by atoms with Gasteiger partial charge >= 0.3 is 5.97 Å². The number of hydrogen-bond donors (Lipinski definition) is 0. The number of carbonyl (C=O) groups is 1. The maximum Gasteiger partial charge on any atom is 0.320 e. The fourth-order valence-electron chi connectivity index (χ4n) is 1.53. The Kier molecular flexibility index (Phi) is 6.17. The summed E-state index contributed by atoms with van der Waals surface area (Å²) < 4.78 is 4.93. The van der Waals surface area contributed by atoms with Crippen LogP contribution in [0.25, 0.3) is 0 Å². The Labute approximate surface area is 102 Å². The molecule has 94 valence electrons. The highest BCUT2D eigenvalue weighted by molar-refractivity contribution is 5.71. The van der Waals surface area contributed by atoms with Crippen LogP contribution in [0.15, 0.2) is 18.5 Å². The first-order chi connectivity index (χ1) is 8.26. The van der Waals surface area contributed by atoms with Crippen LogP contribution in [0.1, 0.15) is 26.1 Å². The van der Waals surface area contributed by atoms with Crippen LogP contribution < -0.4 is 0 Å². The van der Waals surface area contributed by atoms with Crippen molar-refractivity contribution >= 4 is 5.97 Å². The van der Waals surface area contributed by atoms with Gasteiger partial charge in [-0.3, -0.25) is 9.69 Å². The largest absolute Gasteiger partial charge is 0.465 e. The average Bonchev–Trinajstić information content (AvgIpc) is 2.31. The van der Waals surface area contributed by atoms with Crippen molar-refractivity contribution in [2.75, 3.05) is 19.7 Å². The minimum atomic E-state index is -0.197. The summed E-state index contributed by atoms with van der Waals surface area (Å²) in [6, 6.07) is 1.78. The second-order valence-corrected chi connectivity index (χ2v) is 3.68. The lowest BCUT2D eigenvalue weighted by atomic mass is 10.3. The molecule has 0 atom stereocenters. The molecule has 5 nitrogen and oxygen atoms in total. The van der Waals surface area contributed by atoms with Crippen molar-refractivity contribution in [2.45, 2.75) is 26.8 Å². The Morgan fingerprint density at radius 3 is 2.65 bits per heavy atom. The van der Waals surface area contributed by atoms with Gasteiger partial charge in [0, 0.05) is 12.4 Å². The highest BCUT2D eigenvalue weighted by Crippen LogP contribution is 2.00. The fraction of sp³-hybridized carbons (Fsp3) is 0.583. The second kappa shape index (κ2) is 7.73. The van der Waals surface area contributed by atoms with Crippen LogP contribution in [0.3, 0.4) is 0 Å². The summed E-state index contributed by atoms with van der Waals surface area (Å²) in [6.07, 6.45) is 4.39. The molecule has 1 rings (SSSR count). The first-order valence-corrected chi connectivity index (χ1v) is 5.90. The molecule has 0 aliphatic heterocycles. The summed E-state index contributed by atoms with van der Waals surface area (Å²) in [7, 11) is 0. The molecule has 1 aromatic rings. The summed E-state index contributed by atoms with van der Waals surface area (Å²) in [5.74, 6) is 0.530. The first kappa shape index (κ1) is 13.6. The quantitative estimate of drug-likeness (QED) is 0.668. The smallest absolute Gasteiger partial charge is 0.320 e. The monoisotopic (exact) mass is 237 g/mol. The molecule has 0 unspecified atom stereocenters. The van der Waals surface area contributed by atoms with E-state index in [1.165, 1.54) is 0 Å². The van der Waals surface area contributed by atoms with Crippen molar-refractivity contribution in [2.24, 2.45) is 0 Å². The number of rotatable bonds is 7. The summed E-state index contributed by atoms with van der Waals surface area (Å²) in [6.45, 7) is 6.00. The predicted molar refractivity (Wildman–Crippen MR) is 64.2 cm³/mol. The normalized spacial score (nSPS) is 10.5. The summed E-state index contributed by atoms with van der Waals surface area (Å²) in [4.78, 5) is 21.7. The zero-order chi connectivity index (χ0) is 12.5. The number of esters is 1. The summed E-state index contributed by atoms with van der Waals surface area (Å²) >= 11 is 0. The van der Waals surface area contributed by atoms with Gasteiger partial charge in [0.25, 0.3) is 0 Å². The van der Waals surface area contributed by atoms with Crippen LogP contribution in [-0.2, 0) is 16.1 Å². The molecule has 1 heterocycles. The van der Waals surface area contributed by atoms with Crippen molar-refractivity contribution in [3.05, 3.63) is 24.3 Å². The molecule has 0 bridgehead atoms. The van der Waals surface area contributed by atoms with Crippen molar-refractivity contribution in [3.8, 4) is 0 Å². The van der Waals surface area contributed by atoms with E-state index in [-0.39, 0.29) is 5.97 Å². The molecule has 0 saturated heterocycles. The molecule has 0 radical (unpaired) electrons. The van der Waals surface area contributed by atoms with Gasteiger partial charge in [-0.25, -0.2) is 9.97 Å². The molecule has 0 N–H and O–H groups in total. The fourth-order valence-corrected chi connectivity index (χ4v) is 1.53. The highest BCUT2D eigenvalue weighted by Gasteiger charge is 2.12. The van der Waals surface area contributed by atoms with Crippen LogP contribution in [0.5, 0.6) is 0 Å². The van der Waals surface area contributed by atoms with Gasteiger partial charge in [-0.05, 0) is 26.0 Å². The van der Waals surface area contributed by atoms with E-state index in [2.05, 4.69) is 16.9 Å². The van der Waals surface area contributed by atoms with Gasteiger partial charge in [0.1, 0.15) is 5.82 Å². The number of aromatic nitrogens is 2. The summed E-state index contributed by atoms with van der Waals surface area (Å²) in [5.41, 5.74) is 0. The minimum absolute atomic E-state index is 0.197. The lowest BCUT2D eigenvalue weighted by Crippen LogP contribution is -2.32. The molecule has 0 aromatic carbocycles. The SMILES string of the molecule is CCCN(CC(=O)OCC)Cc1ncccn1. The third-order valence-electron chi connectivity index (χ3n) is 2.18. The van der Waals surface area contributed by atoms with Gasteiger partial charge in [0.15, 0.2) is 0 Å². The molecule has 5 heteroatoms. The third-order valence-corrected chi connectivity index (χ3v) is 2.18. The third kappa shape index (κ3) is 5.40. The minimum Gasteiger partial charge on any atom is -0.465 e. The maximum atomic E-state index is 11.4. The van der Waals surface area contributed by atoms with Gasteiger partial charge in [-0.1, -0.05) is 6.92 Å². The Balaban J connectivity index is 2.51. The van der Waals surface area contributed by atoms with E-state index in [9.17, 15) is 4.79 Å². The highest BCUT2D eigenvalue weighted by atomic mass is 16.5. The molecule has 17 heavy (non-hydrogen) atoms. The van der Waals surface area contributed by atoms with Gasteiger partial charge < -0.3 is 4.74 Å². The van der Waals surface area contributed by atoms with Gasteiger partial charge in [-0.2, -0.15) is 0 Å². The molecule has 0 aliphatic rings. The van der Waals surface area contributed by atoms with Crippen LogP contribution in [-0.4, -0.2) is 40.5 Å². The van der Waals surface area contributed by atoms with E-state index < -0.39 is 0 Å². The van der Waals surface area contributed by atoms with Crippen molar-refractivity contribution in [1.29, 1.82) is 0 Å². The lowest BCUT2D eigenvalue weighted by Gasteiger charge is -2.19. The van der Waals surface area contributed by atoms with E-state index in [1.807, 2.05) is 11.8 Å². The molecule has 1 aromatic heterocycles. The van der Waals surface area contributed by atoms with Crippen molar-refractivity contribution < 1.29 is 9.53 Å². The maximum absolute atomic E-state index is 11.4. The number of ether oxygens (including phenoxy) is 1. The standard InChI is InChI=1S/C12H19N3O2/c1-3-8-15(10-12(16)17-4-2)9-11-13-6-5-7-14-11/h5-7H,3-4,8-10H2,1-2H3. The number of hydrogen-bond acceptors (Lipinski definition) is 5. The van der Waals surface area contributed by atoms with E-state index >= 15 is 0 Å². The van der Waals surface area contributed by atoms with Crippen LogP contribution in [0, 0.1) is 0 Å². The Morgan fingerprint density at radius 1 is 1.35 bits per heavy atom. The summed E-state index contributed by atoms with van der Waals surface area (Å²) in [5, 5.41) is 0. The molecule has 0 amide bonds. The Bertz CT molecular complexity index is 330. The van der Waals surface area contributed by atoms with E-state index in [1.54, 1.807) is 18.5 Å². The molecule has 0 saturated carbocycles. The lowest BCUT2D eigenvalue weighted by molar-refractivity contribution is -0.144. The van der Waals surface area contributed by atoms with E-state index in [4.69, 9.17) is 4.74 Å². The Hall–Kier alpha value is -1.49. The van der Waals surface area contributed by atoms with Crippen molar-refractivity contribution in [1.82, 2.24) is 14.9 Å². The van der Waals surface area contributed by atoms with Crippen LogP contribution >= 0.6 is 0 Å².